The number of aliphatic carboxylic acids is 1. The molecule has 0 unspecified atom stereocenters. The van der Waals surface area contributed by atoms with Crippen LogP contribution >= 0.6 is 0 Å². The largest absolute Gasteiger partial charge is 0.489 e. The molecular weight excluding hydrogens is 344 g/mol. The molecule has 0 aliphatic heterocycles. The number of aryl methyl sites for hydroxylation is 1. The lowest BCUT2D eigenvalue weighted by Crippen LogP contribution is -2.04. The lowest BCUT2D eigenvalue weighted by atomic mass is 10.1. The standard InChI is InChI=1S/C22H18O5/c1-14-6-7-20(27-14)18-11-15(10-17-8-9-25-22(17)18)13-26-19-5-3-2-4-16(19)12-21(23)24/h2-11H,12-13H2,1H3,(H,23,24). The number of fused-ring (bicyclic) bond motifs is 1. The van der Waals surface area contributed by atoms with Gasteiger partial charge in [0.15, 0.2) is 0 Å². The quantitative estimate of drug-likeness (QED) is 0.510. The van der Waals surface area contributed by atoms with E-state index in [9.17, 15) is 4.79 Å². The summed E-state index contributed by atoms with van der Waals surface area (Å²) in [5, 5.41) is 10.0. The summed E-state index contributed by atoms with van der Waals surface area (Å²) in [7, 11) is 0. The molecular formula is C22H18O5. The Hall–Kier alpha value is -3.47. The zero-order chi connectivity index (χ0) is 18.8. The van der Waals surface area contributed by atoms with Gasteiger partial charge in [0.1, 0.15) is 29.5 Å². The van der Waals surface area contributed by atoms with Crippen LogP contribution in [0.15, 0.2) is 69.7 Å². The van der Waals surface area contributed by atoms with E-state index in [1.54, 1.807) is 24.5 Å². The van der Waals surface area contributed by atoms with Crippen LogP contribution in [0.25, 0.3) is 22.3 Å². The fourth-order valence-corrected chi connectivity index (χ4v) is 3.10. The summed E-state index contributed by atoms with van der Waals surface area (Å²) >= 11 is 0. The second-order valence-electron chi connectivity index (χ2n) is 6.36. The lowest BCUT2D eigenvalue weighted by Gasteiger charge is -2.11. The van der Waals surface area contributed by atoms with E-state index in [1.165, 1.54) is 0 Å². The minimum Gasteiger partial charge on any atom is -0.489 e. The Bertz CT molecular complexity index is 1100. The van der Waals surface area contributed by atoms with Gasteiger partial charge >= 0.3 is 5.97 Å². The molecule has 0 radical (unpaired) electrons. The summed E-state index contributed by atoms with van der Waals surface area (Å²) in [5.74, 6) is 1.25. The van der Waals surface area contributed by atoms with E-state index in [0.29, 0.717) is 17.9 Å². The molecule has 0 atom stereocenters. The lowest BCUT2D eigenvalue weighted by molar-refractivity contribution is -0.136. The highest BCUT2D eigenvalue weighted by Gasteiger charge is 2.13. The number of hydrogen-bond acceptors (Lipinski definition) is 4. The van der Waals surface area contributed by atoms with Crippen LogP contribution in [-0.2, 0) is 17.8 Å². The Kier molecular flexibility index (Phi) is 4.42. The molecule has 1 N–H and O–H groups in total. The predicted molar refractivity (Wildman–Crippen MR) is 101 cm³/mol. The van der Waals surface area contributed by atoms with Gasteiger partial charge in [0.2, 0.25) is 0 Å². The Morgan fingerprint density at radius 3 is 2.74 bits per heavy atom. The molecule has 4 rings (SSSR count). The number of para-hydroxylation sites is 1. The van der Waals surface area contributed by atoms with E-state index in [-0.39, 0.29) is 6.42 Å². The maximum Gasteiger partial charge on any atom is 0.307 e. The first-order valence-corrected chi connectivity index (χ1v) is 8.59. The molecule has 4 aromatic rings. The zero-order valence-corrected chi connectivity index (χ0v) is 14.8. The summed E-state index contributed by atoms with van der Waals surface area (Å²) < 4.78 is 17.3. The number of furan rings is 2. The van der Waals surface area contributed by atoms with Gasteiger partial charge in [-0.3, -0.25) is 4.79 Å². The third-order valence-electron chi connectivity index (χ3n) is 4.33. The van der Waals surface area contributed by atoms with Crippen LogP contribution < -0.4 is 4.74 Å². The highest BCUT2D eigenvalue weighted by atomic mass is 16.5. The fraction of sp³-hybridized carbons (Fsp3) is 0.136. The number of ether oxygens (including phenoxy) is 1. The second kappa shape index (κ2) is 7.03. The van der Waals surface area contributed by atoms with Crippen LogP contribution in [0.4, 0.5) is 0 Å². The highest BCUT2D eigenvalue weighted by molar-refractivity contribution is 5.91. The molecule has 2 aromatic carbocycles. The molecule has 0 saturated heterocycles. The van der Waals surface area contributed by atoms with Crippen LogP contribution in [0.2, 0.25) is 0 Å². The Balaban J connectivity index is 1.65. The molecule has 27 heavy (non-hydrogen) atoms. The van der Waals surface area contributed by atoms with Crippen LogP contribution in [-0.4, -0.2) is 11.1 Å². The molecule has 0 aliphatic carbocycles. The topological polar surface area (TPSA) is 72.8 Å². The van der Waals surface area contributed by atoms with Gasteiger partial charge in [0.05, 0.1) is 18.2 Å². The van der Waals surface area contributed by atoms with Crippen molar-refractivity contribution in [1.82, 2.24) is 0 Å². The second-order valence-corrected chi connectivity index (χ2v) is 6.36. The van der Waals surface area contributed by atoms with Crippen LogP contribution in [0.1, 0.15) is 16.9 Å². The molecule has 0 bridgehead atoms. The summed E-state index contributed by atoms with van der Waals surface area (Å²) in [6, 6.07) is 16.9. The smallest absolute Gasteiger partial charge is 0.307 e. The minimum atomic E-state index is -0.888. The molecule has 0 amide bonds. The van der Waals surface area contributed by atoms with Gasteiger partial charge in [0, 0.05) is 10.9 Å². The molecule has 136 valence electrons. The van der Waals surface area contributed by atoms with E-state index in [1.807, 2.05) is 43.3 Å². The maximum atomic E-state index is 11.0. The van der Waals surface area contributed by atoms with Gasteiger partial charge in [-0.05, 0) is 48.9 Å². The zero-order valence-electron chi connectivity index (χ0n) is 14.8. The average Bonchev–Trinajstić information content (AvgIpc) is 3.28. The van der Waals surface area contributed by atoms with Crippen LogP contribution in [0.5, 0.6) is 5.75 Å². The van der Waals surface area contributed by atoms with Gasteiger partial charge in [-0.25, -0.2) is 0 Å². The number of carboxylic acids is 1. The van der Waals surface area contributed by atoms with Crippen LogP contribution in [0.3, 0.4) is 0 Å². The Labute approximate surface area is 155 Å². The van der Waals surface area contributed by atoms with Crippen molar-refractivity contribution in [2.24, 2.45) is 0 Å². The van der Waals surface area contributed by atoms with Crippen molar-refractivity contribution in [2.45, 2.75) is 20.0 Å². The van der Waals surface area contributed by atoms with Gasteiger partial charge in [0.25, 0.3) is 0 Å². The Morgan fingerprint density at radius 2 is 1.96 bits per heavy atom. The van der Waals surface area contributed by atoms with Crippen molar-refractivity contribution in [2.75, 3.05) is 0 Å². The summed E-state index contributed by atoms with van der Waals surface area (Å²) in [4.78, 5) is 11.0. The number of rotatable bonds is 6. The molecule has 0 fully saturated rings. The van der Waals surface area contributed by atoms with Crippen molar-refractivity contribution in [3.63, 3.8) is 0 Å². The third-order valence-corrected chi connectivity index (χ3v) is 4.33. The van der Waals surface area contributed by atoms with Gasteiger partial charge in [-0.1, -0.05) is 18.2 Å². The first-order valence-electron chi connectivity index (χ1n) is 8.59. The molecule has 2 heterocycles. The van der Waals surface area contributed by atoms with E-state index >= 15 is 0 Å². The first kappa shape index (κ1) is 17.0. The van der Waals surface area contributed by atoms with Crippen molar-refractivity contribution in [1.29, 1.82) is 0 Å². The maximum absolute atomic E-state index is 11.0. The van der Waals surface area contributed by atoms with E-state index in [0.717, 1.165) is 33.6 Å². The molecule has 0 aliphatic rings. The first-order chi connectivity index (χ1) is 13.1. The SMILES string of the molecule is Cc1ccc(-c2cc(COc3ccccc3CC(=O)O)cc3ccoc23)o1. The molecule has 5 nitrogen and oxygen atoms in total. The average molecular weight is 362 g/mol. The number of carbonyl (C=O) groups is 1. The van der Waals surface area contributed by atoms with E-state index in [2.05, 4.69) is 0 Å². The molecule has 2 aromatic heterocycles. The fourth-order valence-electron chi connectivity index (χ4n) is 3.10. The minimum absolute atomic E-state index is 0.0755. The summed E-state index contributed by atoms with van der Waals surface area (Å²) in [6.07, 6.45) is 1.57. The van der Waals surface area contributed by atoms with E-state index < -0.39 is 5.97 Å². The summed E-state index contributed by atoms with van der Waals surface area (Å²) in [5.41, 5.74) is 3.22. The van der Waals surface area contributed by atoms with Crippen molar-refractivity contribution in [3.8, 4) is 17.1 Å². The van der Waals surface area contributed by atoms with Gasteiger partial charge in [-0.2, -0.15) is 0 Å². The van der Waals surface area contributed by atoms with Crippen molar-refractivity contribution in [3.05, 3.63) is 77.7 Å². The number of benzene rings is 2. The van der Waals surface area contributed by atoms with Crippen LogP contribution in [0, 0.1) is 6.92 Å². The normalized spacial score (nSPS) is 11.0. The van der Waals surface area contributed by atoms with Crippen molar-refractivity contribution >= 4 is 16.9 Å². The predicted octanol–water partition coefficient (Wildman–Crippen LogP) is 5.21. The van der Waals surface area contributed by atoms with Gasteiger partial charge in [-0.15, -0.1) is 0 Å². The third kappa shape index (κ3) is 3.58. The molecule has 0 spiro atoms. The number of hydrogen-bond donors (Lipinski definition) is 1. The highest BCUT2D eigenvalue weighted by Crippen LogP contribution is 2.32. The van der Waals surface area contributed by atoms with Crippen molar-refractivity contribution < 1.29 is 23.5 Å². The summed E-state index contributed by atoms with van der Waals surface area (Å²) in [6.45, 7) is 2.21. The Morgan fingerprint density at radius 1 is 1.11 bits per heavy atom. The molecule has 0 saturated carbocycles. The molecule has 5 heteroatoms. The monoisotopic (exact) mass is 362 g/mol. The van der Waals surface area contributed by atoms with Gasteiger partial charge < -0.3 is 18.7 Å². The van der Waals surface area contributed by atoms with E-state index in [4.69, 9.17) is 18.7 Å². The number of carboxylic acid groups (broad SMARTS) is 1.